The second kappa shape index (κ2) is 10.7. The van der Waals surface area contributed by atoms with Crippen LogP contribution in [0.4, 0.5) is 0 Å². The molecular weight excluding hydrogens is 431 g/mol. The van der Waals surface area contributed by atoms with E-state index in [4.69, 9.17) is 0 Å². The Kier molecular flexibility index (Phi) is 9.31. The van der Waals surface area contributed by atoms with Gasteiger partial charge in [-0.15, -0.1) is 35.3 Å². The molecule has 0 aliphatic carbocycles. The maximum atomic E-state index is 4.31. The minimum absolute atomic E-state index is 0. The van der Waals surface area contributed by atoms with Crippen LogP contribution >= 0.6 is 35.3 Å². The maximum absolute atomic E-state index is 4.31. The van der Waals surface area contributed by atoms with Crippen molar-refractivity contribution in [3.8, 4) is 0 Å². The maximum Gasteiger partial charge on any atom is 0.191 e. The van der Waals surface area contributed by atoms with Crippen LogP contribution in [0.1, 0.15) is 22.0 Å². The lowest BCUT2D eigenvalue weighted by Crippen LogP contribution is -2.41. The number of benzene rings is 1. The fraction of sp³-hybridized carbons (Fsp3) is 0.389. The van der Waals surface area contributed by atoms with Crippen LogP contribution in [-0.2, 0) is 6.54 Å². The molecule has 1 aromatic heterocycles. The van der Waals surface area contributed by atoms with E-state index in [1.54, 1.807) is 18.4 Å². The van der Waals surface area contributed by atoms with Crippen LogP contribution < -0.4 is 10.6 Å². The highest BCUT2D eigenvalue weighted by Gasteiger charge is 2.14. The average Bonchev–Trinajstić information content (AvgIpc) is 3.05. The van der Waals surface area contributed by atoms with Crippen molar-refractivity contribution in [2.75, 3.05) is 27.7 Å². The SMILES string of the molecule is CN=C(NCc1cccs1)NCC(c1ccc(C)cc1)N(C)C.I. The molecule has 0 bridgehead atoms. The zero-order chi connectivity index (χ0) is 16.7. The predicted octanol–water partition coefficient (Wildman–Crippen LogP) is 3.64. The summed E-state index contributed by atoms with van der Waals surface area (Å²) in [4.78, 5) is 7.84. The smallest absolute Gasteiger partial charge is 0.191 e. The summed E-state index contributed by atoms with van der Waals surface area (Å²) in [7, 11) is 6.02. The third-order valence-electron chi connectivity index (χ3n) is 3.78. The van der Waals surface area contributed by atoms with E-state index in [0.29, 0.717) is 6.04 Å². The highest BCUT2D eigenvalue weighted by molar-refractivity contribution is 14.0. The fourth-order valence-electron chi connectivity index (χ4n) is 2.39. The average molecular weight is 458 g/mol. The highest BCUT2D eigenvalue weighted by Crippen LogP contribution is 2.17. The molecule has 2 N–H and O–H groups in total. The van der Waals surface area contributed by atoms with Gasteiger partial charge in [0, 0.05) is 18.5 Å². The van der Waals surface area contributed by atoms with Crippen LogP contribution in [0.2, 0.25) is 0 Å². The number of halogens is 1. The number of guanidine groups is 1. The third kappa shape index (κ3) is 6.41. The normalized spacial score (nSPS) is 12.6. The molecule has 2 rings (SSSR count). The molecule has 2 aromatic rings. The molecule has 0 spiro atoms. The van der Waals surface area contributed by atoms with Crippen LogP contribution in [0.5, 0.6) is 0 Å². The number of aliphatic imine (C=N–C) groups is 1. The van der Waals surface area contributed by atoms with Gasteiger partial charge in [0.15, 0.2) is 5.96 Å². The van der Waals surface area contributed by atoms with Gasteiger partial charge in [0.05, 0.1) is 12.6 Å². The molecule has 4 nitrogen and oxygen atoms in total. The Balaban J connectivity index is 0.00000288. The molecule has 0 saturated heterocycles. The molecule has 0 saturated carbocycles. The largest absolute Gasteiger partial charge is 0.354 e. The predicted molar refractivity (Wildman–Crippen MR) is 116 cm³/mol. The highest BCUT2D eigenvalue weighted by atomic mass is 127. The summed E-state index contributed by atoms with van der Waals surface area (Å²) >= 11 is 1.75. The van der Waals surface area contributed by atoms with Crippen molar-refractivity contribution in [3.63, 3.8) is 0 Å². The summed E-state index contributed by atoms with van der Waals surface area (Å²) in [5, 5.41) is 8.88. The van der Waals surface area contributed by atoms with E-state index >= 15 is 0 Å². The molecule has 132 valence electrons. The lowest BCUT2D eigenvalue weighted by Gasteiger charge is -2.26. The van der Waals surface area contributed by atoms with E-state index in [9.17, 15) is 0 Å². The van der Waals surface area contributed by atoms with E-state index in [1.165, 1.54) is 16.0 Å². The molecule has 0 aliphatic heterocycles. The van der Waals surface area contributed by atoms with Gasteiger partial charge in [-0.2, -0.15) is 0 Å². The van der Waals surface area contributed by atoms with Crippen molar-refractivity contribution < 1.29 is 0 Å². The monoisotopic (exact) mass is 458 g/mol. The van der Waals surface area contributed by atoms with Gasteiger partial charge in [0.2, 0.25) is 0 Å². The number of nitrogens with one attached hydrogen (secondary N) is 2. The molecule has 1 aromatic carbocycles. The van der Waals surface area contributed by atoms with Gasteiger partial charge >= 0.3 is 0 Å². The summed E-state index contributed by atoms with van der Waals surface area (Å²) in [5.41, 5.74) is 2.59. The van der Waals surface area contributed by atoms with Crippen LogP contribution in [0.25, 0.3) is 0 Å². The second-order valence-electron chi connectivity index (χ2n) is 5.78. The molecule has 0 amide bonds. The van der Waals surface area contributed by atoms with E-state index in [2.05, 4.69) is 83.3 Å². The minimum Gasteiger partial charge on any atom is -0.354 e. The molecule has 24 heavy (non-hydrogen) atoms. The summed E-state index contributed by atoms with van der Waals surface area (Å²) in [6, 6.07) is 13.2. The van der Waals surface area contributed by atoms with Crippen LogP contribution in [-0.4, -0.2) is 38.5 Å². The van der Waals surface area contributed by atoms with E-state index in [1.807, 2.05) is 0 Å². The number of hydrogen-bond donors (Lipinski definition) is 2. The van der Waals surface area contributed by atoms with Crippen molar-refractivity contribution in [2.45, 2.75) is 19.5 Å². The molecule has 0 aliphatic rings. The number of nitrogens with zero attached hydrogens (tertiary/aromatic N) is 2. The fourth-order valence-corrected chi connectivity index (χ4v) is 3.03. The second-order valence-corrected chi connectivity index (χ2v) is 6.81. The summed E-state index contributed by atoms with van der Waals surface area (Å²) in [6.45, 7) is 3.72. The van der Waals surface area contributed by atoms with Crippen LogP contribution in [0.3, 0.4) is 0 Å². The number of hydrogen-bond acceptors (Lipinski definition) is 3. The molecule has 0 fully saturated rings. The molecule has 1 atom stereocenters. The zero-order valence-corrected chi connectivity index (χ0v) is 17.9. The zero-order valence-electron chi connectivity index (χ0n) is 14.7. The van der Waals surface area contributed by atoms with Gasteiger partial charge in [-0.25, -0.2) is 0 Å². The molecule has 0 radical (unpaired) electrons. The van der Waals surface area contributed by atoms with Gasteiger partial charge in [0.1, 0.15) is 0 Å². The first-order valence-corrected chi connectivity index (χ1v) is 8.68. The van der Waals surface area contributed by atoms with Gasteiger partial charge in [-0.3, -0.25) is 4.99 Å². The molecule has 1 unspecified atom stereocenters. The van der Waals surface area contributed by atoms with Gasteiger partial charge < -0.3 is 15.5 Å². The van der Waals surface area contributed by atoms with Gasteiger partial charge in [-0.05, 0) is 38.0 Å². The minimum atomic E-state index is 0. The number of rotatable bonds is 6. The van der Waals surface area contributed by atoms with Crippen molar-refractivity contribution in [2.24, 2.45) is 4.99 Å². The van der Waals surface area contributed by atoms with Crippen LogP contribution in [0, 0.1) is 6.92 Å². The van der Waals surface area contributed by atoms with E-state index < -0.39 is 0 Å². The van der Waals surface area contributed by atoms with Gasteiger partial charge in [0.25, 0.3) is 0 Å². The molecule has 6 heteroatoms. The quantitative estimate of drug-likeness (QED) is 0.395. The molecular formula is C18H27IN4S. The summed E-state index contributed by atoms with van der Waals surface area (Å²) in [5.74, 6) is 0.831. The third-order valence-corrected chi connectivity index (χ3v) is 4.66. The number of likely N-dealkylation sites (N-methyl/N-ethyl adjacent to an activating group) is 1. The summed E-state index contributed by atoms with van der Waals surface area (Å²) in [6.07, 6.45) is 0. The van der Waals surface area contributed by atoms with Crippen molar-refractivity contribution >= 4 is 41.3 Å². The first kappa shape index (κ1) is 20.9. The van der Waals surface area contributed by atoms with Crippen molar-refractivity contribution in [1.82, 2.24) is 15.5 Å². The van der Waals surface area contributed by atoms with E-state index in [-0.39, 0.29) is 24.0 Å². The number of aryl methyl sites for hydroxylation is 1. The lowest BCUT2D eigenvalue weighted by molar-refractivity contribution is 0.298. The van der Waals surface area contributed by atoms with Crippen molar-refractivity contribution in [3.05, 3.63) is 57.8 Å². The van der Waals surface area contributed by atoms with Gasteiger partial charge in [-0.1, -0.05) is 35.9 Å². The number of thiophene rings is 1. The first-order valence-electron chi connectivity index (χ1n) is 7.80. The Labute approximate surface area is 166 Å². The lowest BCUT2D eigenvalue weighted by atomic mass is 10.0. The Morgan fingerprint density at radius 2 is 1.88 bits per heavy atom. The topological polar surface area (TPSA) is 39.7 Å². The summed E-state index contributed by atoms with van der Waals surface area (Å²) < 4.78 is 0. The van der Waals surface area contributed by atoms with E-state index in [0.717, 1.165) is 19.0 Å². The first-order chi connectivity index (χ1) is 11.1. The Morgan fingerprint density at radius 3 is 2.42 bits per heavy atom. The van der Waals surface area contributed by atoms with Crippen LogP contribution in [0.15, 0.2) is 46.8 Å². The Bertz CT molecular complexity index is 608. The Morgan fingerprint density at radius 1 is 1.17 bits per heavy atom. The standard InChI is InChI=1S/C18H26N4S.HI/c1-14-7-9-15(10-8-14)17(22(3)4)13-21-18(19-2)20-12-16-6-5-11-23-16;/h5-11,17H,12-13H2,1-4H3,(H2,19,20,21);1H. The Hall–Kier alpha value is -1.12. The van der Waals surface area contributed by atoms with Crippen molar-refractivity contribution in [1.29, 1.82) is 0 Å². The molecule has 1 heterocycles.